The van der Waals surface area contributed by atoms with E-state index in [1.807, 2.05) is 30.3 Å². The van der Waals surface area contributed by atoms with Gasteiger partial charge in [0.2, 0.25) is 5.91 Å². The minimum Gasteiger partial charge on any atom is -0.352 e. The van der Waals surface area contributed by atoms with Crippen LogP contribution in [0.15, 0.2) is 48.5 Å². The van der Waals surface area contributed by atoms with E-state index < -0.39 is 17.5 Å². The van der Waals surface area contributed by atoms with Crippen LogP contribution in [0.1, 0.15) is 22.3 Å². The molecule has 26 heavy (non-hydrogen) atoms. The van der Waals surface area contributed by atoms with Gasteiger partial charge in [0.05, 0.1) is 0 Å². The molecule has 2 amide bonds. The Bertz CT molecular complexity index is 796. The average molecular weight is 358 g/mol. The number of carbonyl (C=O) groups is 2. The molecule has 0 bridgehead atoms. The van der Waals surface area contributed by atoms with Crippen LogP contribution < -0.4 is 5.32 Å². The minimum absolute atomic E-state index is 0.0209. The number of halogens is 2. The predicted octanol–water partition coefficient (Wildman–Crippen LogP) is 2.79. The first kappa shape index (κ1) is 18.0. The molecular formula is C20H20F2N2O2. The summed E-state index contributed by atoms with van der Waals surface area (Å²) >= 11 is 0. The van der Waals surface area contributed by atoms with Gasteiger partial charge < -0.3 is 10.2 Å². The first-order valence-electron chi connectivity index (χ1n) is 8.58. The van der Waals surface area contributed by atoms with Crippen molar-refractivity contribution in [3.8, 4) is 0 Å². The number of rotatable bonds is 6. The third-order valence-corrected chi connectivity index (χ3v) is 4.54. The maximum Gasteiger partial charge on any atom is 0.251 e. The second kappa shape index (κ2) is 8.08. The Morgan fingerprint density at radius 1 is 1.12 bits per heavy atom. The summed E-state index contributed by atoms with van der Waals surface area (Å²) in [6.45, 7) is 1.56. The Hall–Kier alpha value is -2.76. The molecule has 1 N–H and O–H groups in total. The van der Waals surface area contributed by atoms with Gasteiger partial charge in [-0.1, -0.05) is 30.3 Å². The normalized spacial score (nSPS) is 16.8. The molecule has 1 fully saturated rings. The molecule has 136 valence electrons. The molecule has 4 nitrogen and oxygen atoms in total. The highest BCUT2D eigenvalue weighted by molar-refractivity contribution is 5.94. The van der Waals surface area contributed by atoms with Crippen molar-refractivity contribution in [2.75, 3.05) is 19.6 Å². The lowest BCUT2D eigenvalue weighted by Crippen LogP contribution is -2.32. The molecule has 1 heterocycles. The number of hydrogen-bond donors (Lipinski definition) is 1. The summed E-state index contributed by atoms with van der Waals surface area (Å²) in [7, 11) is 0. The summed E-state index contributed by atoms with van der Waals surface area (Å²) in [5.41, 5.74) is 1.24. The predicted molar refractivity (Wildman–Crippen MR) is 93.5 cm³/mol. The molecule has 1 saturated heterocycles. The van der Waals surface area contributed by atoms with Gasteiger partial charge in [-0.2, -0.15) is 0 Å². The van der Waals surface area contributed by atoms with Gasteiger partial charge in [0, 0.05) is 37.5 Å². The average Bonchev–Trinajstić information content (AvgIpc) is 3.01. The monoisotopic (exact) mass is 358 g/mol. The molecule has 1 aliphatic heterocycles. The van der Waals surface area contributed by atoms with E-state index in [-0.39, 0.29) is 17.4 Å². The van der Waals surface area contributed by atoms with Crippen molar-refractivity contribution < 1.29 is 18.4 Å². The van der Waals surface area contributed by atoms with E-state index >= 15 is 0 Å². The van der Waals surface area contributed by atoms with Gasteiger partial charge in [-0.05, 0) is 30.2 Å². The van der Waals surface area contributed by atoms with Gasteiger partial charge in [0.15, 0.2) is 11.6 Å². The fourth-order valence-electron chi connectivity index (χ4n) is 3.09. The number of nitrogens with zero attached hydrogens (tertiary/aromatic N) is 1. The fourth-order valence-corrected chi connectivity index (χ4v) is 3.09. The lowest BCUT2D eigenvalue weighted by atomic mass is 10.1. The van der Waals surface area contributed by atoms with Crippen LogP contribution in [0.4, 0.5) is 8.78 Å². The van der Waals surface area contributed by atoms with Crippen LogP contribution in [0.3, 0.4) is 0 Å². The van der Waals surface area contributed by atoms with Gasteiger partial charge >= 0.3 is 0 Å². The first-order chi connectivity index (χ1) is 12.5. The van der Waals surface area contributed by atoms with Gasteiger partial charge in [-0.3, -0.25) is 9.59 Å². The van der Waals surface area contributed by atoms with Crippen LogP contribution in [0.2, 0.25) is 0 Å². The molecule has 0 radical (unpaired) electrons. The van der Waals surface area contributed by atoms with Gasteiger partial charge in [-0.25, -0.2) is 8.78 Å². The quantitative estimate of drug-likeness (QED) is 0.863. The number of benzene rings is 2. The third kappa shape index (κ3) is 4.45. The molecule has 0 saturated carbocycles. The van der Waals surface area contributed by atoms with Gasteiger partial charge in [-0.15, -0.1) is 0 Å². The van der Waals surface area contributed by atoms with E-state index in [4.69, 9.17) is 0 Å². The molecule has 1 aliphatic rings. The van der Waals surface area contributed by atoms with E-state index in [2.05, 4.69) is 5.32 Å². The van der Waals surface area contributed by atoms with Crippen molar-refractivity contribution in [3.05, 3.63) is 71.3 Å². The molecule has 3 rings (SSSR count). The summed E-state index contributed by atoms with van der Waals surface area (Å²) in [5, 5.41) is 2.70. The number of amides is 2. The lowest BCUT2D eigenvalue weighted by molar-refractivity contribution is -0.127. The SMILES string of the molecule is O=C(NCC1CC(=O)N(CCc2ccccc2)C1)c1ccc(F)c(F)c1. The van der Waals surface area contributed by atoms with E-state index in [1.165, 1.54) is 11.6 Å². The Morgan fingerprint density at radius 3 is 2.62 bits per heavy atom. The van der Waals surface area contributed by atoms with E-state index in [9.17, 15) is 18.4 Å². The molecular weight excluding hydrogens is 338 g/mol. The highest BCUT2D eigenvalue weighted by Gasteiger charge is 2.29. The van der Waals surface area contributed by atoms with Crippen molar-refractivity contribution in [2.45, 2.75) is 12.8 Å². The first-order valence-corrected chi connectivity index (χ1v) is 8.58. The standard InChI is InChI=1S/C20H20F2N2O2/c21-17-7-6-16(11-18(17)22)20(26)23-12-15-10-19(25)24(13-15)9-8-14-4-2-1-3-5-14/h1-7,11,15H,8-10,12-13H2,(H,23,26). The molecule has 0 aromatic heterocycles. The summed E-state index contributed by atoms with van der Waals surface area (Å²) in [6, 6.07) is 13.0. The largest absolute Gasteiger partial charge is 0.352 e. The zero-order valence-electron chi connectivity index (χ0n) is 14.3. The van der Waals surface area contributed by atoms with Crippen molar-refractivity contribution in [1.29, 1.82) is 0 Å². The second-order valence-electron chi connectivity index (χ2n) is 6.48. The second-order valence-corrected chi connectivity index (χ2v) is 6.48. The Labute approximate surface area is 150 Å². The summed E-state index contributed by atoms with van der Waals surface area (Å²) < 4.78 is 26.1. The lowest BCUT2D eigenvalue weighted by Gasteiger charge is -2.17. The zero-order chi connectivity index (χ0) is 18.5. The molecule has 1 unspecified atom stereocenters. The molecule has 2 aromatic rings. The van der Waals surface area contributed by atoms with Crippen LogP contribution in [0.25, 0.3) is 0 Å². The minimum atomic E-state index is -1.05. The highest BCUT2D eigenvalue weighted by atomic mass is 19.2. The Morgan fingerprint density at radius 2 is 1.88 bits per heavy atom. The number of carbonyl (C=O) groups excluding carboxylic acids is 2. The maximum absolute atomic E-state index is 13.2. The summed E-state index contributed by atoms with van der Waals surface area (Å²) in [6.07, 6.45) is 1.17. The van der Waals surface area contributed by atoms with E-state index in [1.54, 1.807) is 4.90 Å². The third-order valence-electron chi connectivity index (χ3n) is 4.54. The van der Waals surface area contributed by atoms with Gasteiger partial charge in [0.1, 0.15) is 0 Å². The summed E-state index contributed by atoms with van der Waals surface area (Å²) in [5.74, 6) is -2.42. The number of hydrogen-bond acceptors (Lipinski definition) is 2. The Balaban J connectivity index is 1.48. The summed E-state index contributed by atoms with van der Waals surface area (Å²) in [4.78, 5) is 26.0. The van der Waals surface area contributed by atoms with Crippen LogP contribution in [-0.2, 0) is 11.2 Å². The molecule has 2 aromatic carbocycles. The molecule has 1 atom stereocenters. The van der Waals surface area contributed by atoms with Crippen molar-refractivity contribution in [3.63, 3.8) is 0 Å². The van der Waals surface area contributed by atoms with Crippen LogP contribution >= 0.6 is 0 Å². The van der Waals surface area contributed by atoms with Crippen LogP contribution in [0, 0.1) is 17.6 Å². The molecule has 0 aliphatic carbocycles. The van der Waals surface area contributed by atoms with Crippen LogP contribution in [0.5, 0.6) is 0 Å². The zero-order valence-corrected chi connectivity index (χ0v) is 14.3. The van der Waals surface area contributed by atoms with Crippen molar-refractivity contribution in [1.82, 2.24) is 10.2 Å². The maximum atomic E-state index is 13.2. The van der Waals surface area contributed by atoms with E-state index in [0.29, 0.717) is 26.1 Å². The number of likely N-dealkylation sites (tertiary alicyclic amines) is 1. The highest BCUT2D eigenvalue weighted by Crippen LogP contribution is 2.18. The number of nitrogens with one attached hydrogen (secondary N) is 1. The van der Waals surface area contributed by atoms with E-state index in [0.717, 1.165) is 18.6 Å². The Kier molecular flexibility index (Phi) is 5.61. The fraction of sp³-hybridized carbons (Fsp3) is 0.300. The molecule has 6 heteroatoms. The smallest absolute Gasteiger partial charge is 0.251 e. The molecule has 0 spiro atoms. The van der Waals surface area contributed by atoms with Crippen LogP contribution in [-0.4, -0.2) is 36.3 Å². The van der Waals surface area contributed by atoms with Gasteiger partial charge in [0.25, 0.3) is 5.91 Å². The van der Waals surface area contributed by atoms with Crippen molar-refractivity contribution >= 4 is 11.8 Å². The topological polar surface area (TPSA) is 49.4 Å². The van der Waals surface area contributed by atoms with Crippen molar-refractivity contribution in [2.24, 2.45) is 5.92 Å².